The fraction of sp³-hybridized carbons (Fsp3) is 1.00. The molecule has 4 fully saturated rings. The summed E-state index contributed by atoms with van der Waals surface area (Å²) in [6.07, 6.45) is 8.00. The van der Waals surface area contributed by atoms with E-state index >= 15 is 0 Å². The molecule has 4 rings (SSSR count). The van der Waals surface area contributed by atoms with Gasteiger partial charge in [-0.15, -0.1) is 0 Å². The number of aliphatic hydroxyl groups is 1. The van der Waals surface area contributed by atoms with Gasteiger partial charge in [-0.1, -0.05) is 0 Å². The Morgan fingerprint density at radius 3 is 2.60 bits per heavy atom. The Bertz CT molecular complexity index is 356. The van der Waals surface area contributed by atoms with Gasteiger partial charge in [0, 0.05) is 38.3 Å². The average Bonchev–Trinajstić information content (AvgIpc) is 3.37. The maximum absolute atomic E-state index is 10.1. The van der Waals surface area contributed by atoms with E-state index in [2.05, 4.69) is 15.1 Å². The van der Waals surface area contributed by atoms with E-state index in [4.69, 9.17) is 0 Å². The largest absolute Gasteiger partial charge is 0.394 e. The SMILES string of the molecule is OCC(CN1CCN2CCCC2C1)(NC1CC1)C1CC1. The van der Waals surface area contributed by atoms with Crippen molar-refractivity contribution >= 4 is 0 Å². The average molecular weight is 279 g/mol. The highest BCUT2D eigenvalue weighted by atomic mass is 16.3. The van der Waals surface area contributed by atoms with Crippen LogP contribution in [0.3, 0.4) is 0 Å². The Labute approximate surface area is 122 Å². The van der Waals surface area contributed by atoms with Crippen LogP contribution in [0.4, 0.5) is 0 Å². The van der Waals surface area contributed by atoms with Crippen molar-refractivity contribution in [1.29, 1.82) is 0 Å². The third-order valence-corrected chi connectivity index (χ3v) is 5.89. The maximum Gasteiger partial charge on any atom is 0.0628 e. The maximum atomic E-state index is 10.1. The first-order valence-electron chi connectivity index (χ1n) is 8.64. The van der Waals surface area contributed by atoms with Gasteiger partial charge in [-0.2, -0.15) is 0 Å². The van der Waals surface area contributed by atoms with Crippen LogP contribution in [0, 0.1) is 5.92 Å². The molecule has 2 atom stereocenters. The summed E-state index contributed by atoms with van der Waals surface area (Å²) >= 11 is 0. The molecule has 0 aromatic carbocycles. The summed E-state index contributed by atoms with van der Waals surface area (Å²) in [6.45, 7) is 6.35. The molecule has 0 bridgehead atoms. The molecule has 4 aliphatic rings. The number of fused-ring (bicyclic) bond motifs is 1. The van der Waals surface area contributed by atoms with Gasteiger partial charge >= 0.3 is 0 Å². The monoisotopic (exact) mass is 279 g/mol. The van der Waals surface area contributed by atoms with E-state index in [0.717, 1.165) is 18.5 Å². The highest BCUT2D eigenvalue weighted by Crippen LogP contribution is 2.42. The predicted molar refractivity (Wildman–Crippen MR) is 79.7 cm³/mol. The Morgan fingerprint density at radius 2 is 1.90 bits per heavy atom. The highest BCUT2D eigenvalue weighted by Gasteiger charge is 2.48. The topological polar surface area (TPSA) is 38.7 Å². The van der Waals surface area contributed by atoms with Crippen molar-refractivity contribution < 1.29 is 5.11 Å². The van der Waals surface area contributed by atoms with Crippen molar-refractivity contribution in [3.05, 3.63) is 0 Å². The lowest BCUT2D eigenvalue weighted by molar-refractivity contribution is 0.0456. The lowest BCUT2D eigenvalue weighted by Gasteiger charge is -2.43. The van der Waals surface area contributed by atoms with Gasteiger partial charge in [-0.3, -0.25) is 9.80 Å². The van der Waals surface area contributed by atoms with Crippen LogP contribution in [0.25, 0.3) is 0 Å². The van der Waals surface area contributed by atoms with Crippen molar-refractivity contribution in [2.24, 2.45) is 5.92 Å². The van der Waals surface area contributed by atoms with Crippen molar-refractivity contribution in [2.45, 2.75) is 56.1 Å². The van der Waals surface area contributed by atoms with Gasteiger partial charge in [0.2, 0.25) is 0 Å². The molecule has 0 aromatic heterocycles. The van der Waals surface area contributed by atoms with Crippen LogP contribution < -0.4 is 5.32 Å². The second kappa shape index (κ2) is 5.24. The number of piperazine rings is 1. The van der Waals surface area contributed by atoms with E-state index in [1.165, 1.54) is 64.7 Å². The summed E-state index contributed by atoms with van der Waals surface area (Å²) in [7, 11) is 0. The second-order valence-electron chi connectivity index (χ2n) is 7.57. The van der Waals surface area contributed by atoms with Crippen LogP contribution in [0.5, 0.6) is 0 Å². The van der Waals surface area contributed by atoms with E-state index in [9.17, 15) is 5.11 Å². The molecule has 20 heavy (non-hydrogen) atoms. The van der Waals surface area contributed by atoms with Gasteiger partial charge in [-0.05, 0) is 51.0 Å². The quantitative estimate of drug-likeness (QED) is 0.749. The Balaban J connectivity index is 1.41. The minimum atomic E-state index is 0.00193. The van der Waals surface area contributed by atoms with E-state index in [1.807, 2.05) is 0 Å². The second-order valence-corrected chi connectivity index (χ2v) is 7.57. The first-order chi connectivity index (χ1) is 9.79. The number of rotatable bonds is 6. The molecule has 2 aliphatic carbocycles. The van der Waals surface area contributed by atoms with E-state index in [-0.39, 0.29) is 5.54 Å². The van der Waals surface area contributed by atoms with Crippen LogP contribution in [0.1, 0.15) is 38.5 Å². The lowest BCUT2D eigenvalue weighted by Crippen LogP contribution is -2.62. The molecular formula is C16H29N3O. The zero-order chi connectivity index (χ0) is 13.6. The Kier molecular flexibility index (Phi) is 3.53. The van der Waals surface area contributed by atoms with Crippen molar-refractivity contribution in [2.75, 3.05) is 39.3 Å². The van der Waals surface area contributed by atoms with Gasteiger partial charge in [0.05, 0.1) is 12.1 Å². The summed E-state index contributed by atoms with van der Waals surface area (Å²) in [5, 5.41) is 13.9. The zero-order valence-electron chi connectivity index (χ0n) is 12.6. The van der Waals surface area contributed by atoms with Crippen molar-refractivity contribution in [1.82, 2.24) is 15.1 Å². The van der Waals surface area contributed by atoms with Gasteiger partial charge in [0.25, 0.3) is 0 Å². The highest BCUT2D eigenvalue weighted by molar-refractivity contribution is 5.07. The summed E-state index contributed by atoms with van der Waals surface area (Å²) in [4.78, 5) is 5.30. The molecule has 2 saturated carbocycles. The minimum absolute atomic E-state index is 0.00193. The van der Waals surface area contributed by atoms with Gasteiger partial charge in [0.15, 0.2) is 0 Å². The minimum Gasteiger partial charge on any atom is -0.394 e. The van der Waals surface area contributed by atoms with Crippen LogP contribution >= 0.6 is 0 Å². The fourth-order valence-corrected chi connectivity index (χ4v) is 4.39. The smallest absolute Gasteiger partial charge is 0.0628 e. The molecule has 0 aromatic rings. The predicted octanol–water partition coefficient (Wildman–Crippen LogP) is 0.660. The molecule has 2 saturated heterocycles. The van der Waals surface area contributed by atoms with E-state index in [0.29, 0.717) is 12.6 Å². The van der Waals surface area contributed by atoms with Crippen molar-refractivity contribution in [3.8, 4) is 0 Å². The number of nitrogens with one attached hydrogen (secondary N) is 1. The molecule has 4 nitrogen and oxygen atoms in total. The Hall–Kier alpha value is -0.160. The van der Waals surface area contributed by atoms with Gasteiger partial charge < -0.3 is 10.4 Å². The fourth-order valence-electron chi connectivity index (χ4n) is 4.39. The normalized spacial score (nSPS) is 35.0. The molecule has 0 radical (unpaired) electrons. The van der Waals surface area contributed by atoms with Crippen molar-refractivity contribution in [3.63, 3.8) is 0 Å². The van der Waals surface area contributed by atoms with Gasteiger partial charge in [0.1, 0.15) is 0 Å². The third-order valence-electron chi connectivity index (χ3n) is 5.89. The van der Waals surface area contributed by atoms with Gasteiger partial charge in [-0.25, -0.2) is 0 Å². The molecule has 2 heterocycles. The Morgan fingerprint density at radius 1 is 1.05 bits per heavy atom. The number of hydrogen-bond acceptors (Lipinski definition) is 4. The summed E-state index contributed by atoms with van der Waals surface area (Å²) in [5.41, 5.74) is 0.00193. The van der Waals surface area contributed by atoms with Crippen LogP contribution in [0.15, 0.2) is 0 Å². The molecular weight excluding hydrogens is 250 g/mol. The third kappa shape index (κ3) is 2.63. The summed E-state index contributed by atoms with van der Waals surface area (Å²) in [5.74, 6) is 0.717. The number of hydrogen-bond donors (Lipinski definition) is 2. The summed E-state index contributed by atoms with van der Waals surface area (Å²) in [6, 6.07) is 1.48. The standard InChI is InChI=1S/C16H29N3O/c20-12-16(13-3-4-13,17-14-5-6-14)11-18-8-9-19-7-1-2-15(19)10-18/h13-15,17,20H,1-12H2. The van der Waals surface area contributed by atoms with Crippen LogP contribution in [-0.2, 0) is 0 Å². The first-order valence-corrected chi connectivity index (χ1v) is 8.64. The molecule has 2 unspecified atom stereocenters. The number of aliphatic hydroxyl groups excluding tert-OH is 1. The lowest BCUT2D eigenvalue weighted by atomic mass is 9.92. The van der Waals surface area contributed by atoms with E-state index in [1.54, 1.807) is 0 Å². The zero-order valence-corrected chi connectivity index (χ0v) is 12.6. The van der Waals surface area contributed by atoms with Crippen LogP contribution in [0.2, 0.25) is 0 Å². The van der Waals surface area contributed by atoms with Crippen LogP contribution in [-0.4, -0.2) is 71.9 Å². The first kappa shape index (κ1) is 13.5. The summed E-state index contributed by atoms with van der Waals surface area (Å²) < 4.78 is 0. The molecule has 0 amide bonds. The molecule has 2 N–H and O–H groups in total. The molecule has 4 heteroatoms. The molecule has 0 spiro atoms. The molecule has 114 valence electrons. The number of nitrogens with zero attached hydrogens (tertiary/aromatic N) is 2. The van der Waals surface area contributed by atoms with E-state index < -0.39 is 0 Å². The molecule has 2 aliphatic heterocycles.